The zero-order valence-corrected chi connectivity index (χ0v) is 45.6. The predicted octanol–water partition coefficient (Wildman–Crippen LogP) is 19.0. The fourth-order valence-corrected chi connectivity index (χ4v) is 7.77. The third-order valence-electron chi connectivity index (χ3n) is 10.2. The average molecular weight is 1140 g/mol. The van der Waals surface area contributed by atoms with Crippen LogP contribution in [0.3, 0.4) is 0 Å². The summed E-state index contributed by atoms with van der Waals surface area (Å²) in [5.74, 6) is 0. The molecule has 0 spiro atoms. The van der Waals surface area contributed by atoms with Gasteiger partial charge >= 0.3 is 5.20 Å². The number of aryl methyl sites for hydroxylation is 4. The van der Waals surface area contributed by atoms with Crippen LogP contribution in [0.1, 0.15) is 57.7 Å². The largest absolute Gasteiger partial charge is 0.619 e. The van der Waals surface area contributed by atoms with Crippen molar-refractivity contribution >= 4 is 132 Å². The molecule has 0 aliphatic carbocycles. The third kappa shape index (κ3) is 20.2. The topological polar surface area (TPSA) is 105 Å². The molecule has 1 aliphatic heterocycles. The first kappa shape index (κ1) is 58.6. The van der Waals surface area contributed by atoms with Crippen molar-refractivity contribution in [2.24, 2.45) is 0 Å². The van der Waals surface area contributed by atoms with E-state index >= 15 is 0 Å². The molecule has 15 heteroatoms. The first-order valence-corrected chi connectivity index (χ1v) is 27.9. The Hall–Kier alpha value is -4.93. The maximum atomic E-state index is 11.0. The van der Waals surface area contributed by atoms with Crippen LogP contribution in [0.4, 0.5) is 0 Å². The molecule has 71 heavy (non-hydrogen) atoms. The molecule has 1 aliphatic rings. The van der Waals surface area contributed by atoms with E-state index in [2.05, 4.69) is 113 Å². The van der Waals surface area contributed by atoms with Crippen LogP contribution in [0.25, 0.3) is 53.9 Å². The van der Waals surface area contributed by atoms with E-state index in [1.807, 2.05) is 130 Å². The van der Waals surface area contributed by atoms with Crippen LogP contribution in [0.15, 0.2) is 175 Å². The van der Waals surface area contributed by atoms with E-state index < -0.39 is 5.20 Å². The molecule has 11 rings (SSSR count). The van der Waals surface area contributed by atoms with Crippen molar-refractivity contribution in [1.29, 1.82) is 0 Å². The van der Waals surface area contributed by atoms with Gasteiger partial charge in [-0.15, -0.1) is 0 Å². The lowest BCUT2D eigenvalue weighted by Gasteiger charge is -2.01. The number of pyridine rings is 5. The van der Waals surface area contributed by atoms with Crippen molar-refractivity contribution in [2.45, 2.75) is 61.8 Å². The summed E-state index contributed by atoms with van der Waals surface area (Å²) in [6, 6.07) is 40.3. The van der Waals surface area contributed by atoms with E-state index in [-0.39, 0.29) is 7.43 Å². The van der Waals surface area contributed by atoms with Crippen molar-refractivity contribution in [1.82, 2.24) is 19.9 Å². The van der Waals surface area contributed by atoms with Crippen molar-refractivity contribution in [2.75, 3.05) is 13.2 Å². The average Bonchev–Trinajstić information content (AvgIpc) is 3.96. The molecule has 6 heterocycles. The van der Waals surface area contributed by atoms with Gasteiger partial charge in [0.1, 0.15) is 10.3 Å². The van der Waals surface area contributed by atoms with Gasteiger partial charge < -0.3 is 9.94 Å². The van der Waals surface area contributed by atoms with Gasteiger partial charge in [-0.2, -0.15) is 4.73 Å². The van der Waals surface area contributed by atoms with Crippen LogP contribution in [-0.2, 0) is 9.30 Å². The number of ether oxygens (including phenoxy) is 1. The van der Waals surface area contributed by atoms with Crippen LogP contribution in [0, 0.1) is 32.9 Å². The summed E-state index contributed by atoms with van der Waals surface area (Å²) in [4.78, 5) is 16.3. The van der Waals surface area contributed by atoms with Crippen LogP contribution in [0.2, 0.25) is 10.3 Å². The number of nitrogens with zero attached hydrogens (tertiary/aromatic N) is 5. The monoisotopic (exact) mass is 1130 g/mol. The molecule has 5 aromatic heterocycles. The zero-order chi connectivity index (χ0) is 51.8. The number of halogens is 6. The Labute approximate surface area is 452 Å². The normalized spacial score (nSPS) is 11.3. The molecule has 0 atom stereocenters. The summed E-state index contributed by atoms with van der Waals surface area (Å²) in [6.07, 6.45) is 16.8. The fourth-order valence-electron chi connectivity index (χ4n) is 6.86. The number of hydrogen-bond acceptors (Lipinski definition) is 7. The first-order valence-electron chi connectivity index (χ1n) is 22.6. The summed E-state index contributed by atoms with van der Waals surface area (Å²) >= 11 is 29.1. The molecule has 5 aromatic carbocycles. The van der Waals surface area contributed by atoms with Gasteiger partial charge in [-0.3, -0.25) is 14.5 Å². The first-order chi connectivity index (χ1) is 34.0. The van der Waals surface area contributed by atoms with Gasteiger partial charge in [0, 0.05) is 88.7 Å². The lowest BCUT2D eigenvalue weighted by molar-refractivity contribution is -0.604. The highest BCUT2D eigenvalue weighted by molar-refractivity contribution is 9.10. The highest BCUT2D eigenvalue weighted by Crippen LogP contribution is 2.61. The zero-order valence-electron chi connectivity index (χ0n) is 40.4. The minimum atomic E-state index is -3.22. The number of fused-ring (bicyclic) bond motifs is 5. The number of aromatic nitrogens is 5. The van der Waals surface area contributed by atoms with Crippen LogP contribution in [0.5, 0.6) is 0 Å². The fraction of sp³-hybridized carbons (Fsp3) is 0.196. The van der Waals surface area contributed by atoms with E-state index in [0.29, 0.717) is 17.2 Å². The minimum Gasteiger partial charge on any atom is -0.619 e. The molecule has 372 valence electrons. The lowest BCUT2D eigenvalue weighted by atomic mass is 10.1. The molecule has 0 saturated carbocycles. The Morgan fingerprint density at radius 2 is 0.901 bits per heavy atom. The molecule has 0 N–H and O–H groups in total. The SMILES string of the molecule is Brc1cncc2ccccc12.C.C1CCOC1.Cc1c[n+]([O-])cc2ccccc12.Cc1cnc(Cl)c2ccccc12.Cc1cnc(Cl)c2ccccc12.Cc1cncc2ccccc12.O=P(Cl)(Cl)Cl.[2H]CC. The maximum Gasteiger partial charge on any atom is 0.339 e. The van der Waals surface area contributed by atoms with E-state index in [1.54, 1.807) is 31.7 Å². The Morgan fingerprint density at radius 3 is 1.31 bits per heavy atom. The quantitative estimate of drug-likeness (QED) is 0.0644. The predicted molar refractivity (Wildman–Crippen MR) is 310 cm³/mol. The third-order valence-corrected chi connectivity index (χ3v) is 11.4. The minimum absolute atomic E-state index is 0. The molecular weight excluding hydrogens is 1080 g/mol. The van der Waals surface area contributed by atoms with E-state index in [1.165, 1.54) is 50.7 Å². The second-order valence-electron chi connectivity index (χ2n) is 15.2. The van der Waals surface area contributed by atoms with E-state index in [4.69, 9.17) is 29.3 Å². The number of hydrogen-bond donors (Lipinski definition) is 0. The molecule has 8 nitrogen and oxygen atoms in total. The van der Waals surface area contributed by atoms with Crippen LogP contribution >= 0.6 is 78.1 Å². The second kappa shape index (κ2) is 31.5. The molecule has 0 radical (unpaired) electrons. The second-order valence-corrected chi connectivity index (χ2v) is 23.4. The van der Waals surface area contributed by atoms with E-state index in [9.17, 15) is 9.77 Å². The van der Waals surface area contributed by atoms with Crippen molar-refractivity contribution in [3.8, 4) is 0 Å². The Morgan fingerprint density at radius 1 is 0.549 bits per heavy atom. The maximum absolute atomic E-state index is 11.0. The van der Waals surface area contributed by atoms with Gasteiger partial charge in [0.05, 0.1) is 0 Å². The summed E-state index contributed by atoms with van der Waals surface area (Å²) in [6.45, 7) is 12.4. The molecule has 1 saturated heterocycles. The van der Waals surface area contributed by atoms with Gasteiger partial charge in [0.25, 0.3) is 0 Å². The highest BCUT2D eigenvalue weighted by Gasteiger charge is 2.04. The van der Waals surface area contributed by atoms with Gasteiger partial charge in [-0.05, 0) is 140 Å². The summed E-state index contributed by atoms with van der Waals surface area (Å²) in [5.41, 5.74) is 4.58. The van der Waals surface area contributed by atoms with Crippen LogP contribution in [-0.4, -0.2) is 33.1 Å². The summed E-state index contributed by atoms with van der Waals surface area (Å²) in [7, 11) is 0. The summed E-state index contributed by atoms with van der Waals surface area (Å²) in [5, 5.41) is 20.4. The van der Waals surface area contributed by atoms with Gasteiger partial charge in [0.15, 0.2) is 12.4 Å². The van der Waals surface area contributed by atoms with Crippen molar-refractivity contribution < 1.29 is 15.4 Å². The van der Waals surface area contributed by atoms with Crippen molar-refractivity contribution in [3.63, 3.8) is 0 Å². The molecule has 0 unspecified atom stereocenters. The van der Waals surface area contributed by atoms with E-state index in [0.717, 1.165) is 60.7 Å². The van der Waals surface area contributed by atoms with Gasteiger partial charge in [-0.25, -0.2) is 9.97 Å². The lowest BCUT2D eigenvalue weighted by Crippen LogP contribution is -2.24. The van der Waals surface area contributed by atoms with Gasteiger partial charge in [-0.1, -0.05) is 160 Å². The Balaban J connectivity index is 0.000000223. The number of benzene rings is 5. The number of rotatable bonds is 0. The highest BCUT2D eigenvalue weighted by atomic mass is 79.9. The van der Waals surface area contributed by atoms with Crippen LogP contribution < -0.4 is 4.73 Å². The Kier molecular flexibility index (Phi) is 26.0. The Bertz CT molecular complexity index is 3030. The smallest absolute Gasteiger partial charge is 0.339 e. The standard InChI is InChI=1S/2C10H8ClN.C10H9NO.C10H9N.C9H6BrN.C4H8O.C2H6.CH4.Cl3OP/c2*1-7-6-12-10(11)9-5-3-2-4-8(7)9;1-8-6-11(12)7-9-4-2-3-5-10(8)9;1-8-6-11-7-9-4-2-3-5-10(8)9;10-9-6-11-5-7-3-1-2-4-8(7)9;1-2-4-5-3-1;1-2;;1-5(2,3)4/h2*2-6H,1H3;2-7H,1H3;2-7H,1H3;1-6H;1-4H2;1-2H3;1H4;/i;;;;;;1D;;. The van der Waals surface area contributed by atoms with Crippen molar-refractivity contribution in [3.05, 3.63) is 213 Å². The molecule has 0 amide bonds. The summed E-state index contributed by atoms with van der Waals surface area (Å²) < 4.78 is 22.6. The molecular formula is C56H58BrCl5N5O3P. The molecule has 1 fully saturated rings. The molecule has 10 aromatic rings. The van der Waals surface area contributed by atoms with Gasteiger partial charge in [0.2, 0.25) is 0 Å². The molecule has 0 bridgehead atoms.